The molecule has 4 heteroatoms. The summed E-state index contributed by atoms with van der Waals surface area (Å²) in [6.07, 6.45) is 0. The lowest BCUT2D eigenvalue weighted by atomic mass is 9.79. The van der Waals surface area contributed by atoms with E-state index in [1.54, 1.807) is 14.0 Å². The van der Waals surface area contributed by atoms with E-state index in [9.17, 15) is 4.79 Å². The standard InChI is InChI=1S/C26H28O4/c1-25(19-28-2,24(27)29-3)20-30-26(21-13-7-4-8-14-21,22-15-9-5-10-16-22)23-17-11-6-12-18-23/h4-18H,19-20H2,1-3H3/t25-/m1/s1. The Morgan fingerprint density at radius 3 is 1.43 bits per heavy atom. The predicted octanol–water partition coefficient (Wildman–Crippen LogP) is 4.82. The molecule has 0 bridgehead atoms. The fourth-order valence-corrected chi connectivity index (χ4v) is 3.76. The molecular weight excluding hydrogens is 376 g/mol. The maximum Gasteiger partial charge on any atom is 0.316 e. The normalized spacial score (nSPS) is 13.4. The molecule has 0 heterocycles. The molecule has 0 saturated carbocycles. The van der Waals surface area contributed by atoms with Crippen molar-refractivity contribution >= 4 is 5.97 Å². The summed E-state index contributed by atoms with van der Waals surface area (Å²) in [6.45, 7) is 2.11. The first kappa shape index (κ1) is 21.8. The van der Waals surface area contributed by atoms with Crippen molar-refractivity contribution in [3.8, 4) is 0 Å². The first-order chi connectivity index (χ1) is 14.6. The highest BCUT2D eigenvalue weighted by Crippen LogP contribution is 2.41. The molecule has 3 rings (SSSR count). The van der Waals surface area contributed by atoms with Crippen molar-refractivity contribution < 1.29 is 19.0 Å². The second-order valence-electron chi connectivity index (χ2n) is 7.55. The third-order valence-electron chi connectivity index (χ3n) is 5.29. The van der Waals surface area contributed by atoms with Crippen molar-refractivity contribution in [3.63, 3.8) is 0 Å². The van der Waals surface area contributed by atoms with Crippen molar-refractivity contribution in [1.29, 1.82) is 0 Å². The number of carbonyl (C=O) groups is 1. The topological polar surface area (TPSA) is 44.8 Å². The largest absolute Gasteiger partial charge is 0.468 e. The van der Waals surface area contributed by atoms with E-state index in [4.69, 9.17) is 14.2 Å². The fourth-order valence-electron chi connectivity index (χ4n) is 3.76. The minimum absolute atomic E-state index is 0.117. The molecule has 0 N–H and O–H groups in total. The van der Waals surface area contributed by atoms with E-state index in [2.05, 4.69) is 0 Å². The lowest BCUT2D eigenvalue weighted by Gasteiger charge is -2.38. The number of methoxy groups -OCH3 is 2. The summed E-state index contributed by atoms with van der Waals surface area (Å²) in [7, 11) is 2.95. The van der Waals surface area contributed by atoms with Crippen LogP contribution in [0, 0.1) is 5.41 Å². The SMILES string of the molecule is COC[C@](C)(COC(c1ccccc1)(c1ccccc1)c1ccccc1)C(=O)OC. The molecule has 1 atom stereocenters. The number of hydrogen-bond donors (Lipinski definition) is 0. The Labute approximate surface area is 178 Å². The van der Waals surface area contributed by atoms with Crippen molar-refractivity contribution in [2.45, 2.75) is 12.5 Å². The zero-order valence-corrected chi connectivity index (χ0v) is 17.7. The highest BCUT2D eigenvalue weighted by atomic mass is 16.5. The summed E-state index contributed by atoms with van der Waals surface area (Å²) >= 11 is 0. The van der Waals surface area contributed by atoms with Crippen molar-refractivity contribution in [2.24, 2.45) is 5.41 Å². The van der Waals surface area contributed by atoms with E-state index in [-0.39, 0.29) is 19.2 Å². The van der Waals surface area contributed by atoms with Gasteiger partial charge in [0, 0.05) is 7.11 Å². The third kappa shape index (κ3) is 4.30. The molecule has 4 nitrogen and oxygen atoms in total. The van der Waals surface area contributed by atoms with Crippen LogP contribution in [0.1, 0.15) is 23.6 Å². The van der Waals surface area contributed by atoms with Crippen LogP contribution in [-0.4, -0.2) is 33.4 Å². The highest BCUT2D eigenvalue weighted by molar-refractivity contribution is 5.76. The molecule has 0 aromatic heterocycles. The molecule has 0 fully saturated rings. The molecule has 0 aliphatic carbocycles. The minimum atomic E-state index is -0.951. The van der Waals surface area contributed by atoms with Crippen molar-refractivity contribution in [2.75, 3.05) is 27.4 Å². The van der Waals surface area contributed by atoms with Crippen molar-refractivity contribution in [1.82, 2.24) is 0 Å². The Kier molecular flexibility index (Phi) is 7.03. The molecule has 30 heavy (non-hydrogen) atoms. The first-order valence-corrected chi connectivity index (χ1v) is 9.95. The molecule has 0 aliphatic heterocycles. The van der Waals surface area contributed by atoms with Gasteiger partial charge in [-0.25, -0.2) is 0 Å². The number of benzene rings is 3. The van der Waals surface area contributed by atoms with E-state index in [1.165, 1.54) is 7.11 Å². The lowest BCUT2D eigenvalue weighted by Crippen LogP contribution is -2.43. The molecule has 0 spiro atoms. The number of ether oxygens (including phenoxy) is 3. The molecule has 3 aromatic rings. The smallest absolute Gasteiger partial charge is 0.316 e. The monoisotopic (exact) mass is 404 g/mol. The summed E-state index contributed by atoms with van der Waals surface area (Å²) in [4.78, 5) is 12.6. The van der Waals surface area contributed by atoms with E-state index in [0.29, 0.717) is 0 Å². The molecule has 156 valence electrons. The van der Waals surface area contributed by atoms with Crippen LogP contribution in [0.4, 0.5) is 0 Å². The van der Waals surface area contributed by atoms with Crippen LogP contribution in [0.25, 0.3) is 0 Å². The maximum atomic E-state index is 12.6. The van der Waals surface area contributed by atoms with E-state index in [0.717, 1.165) is 16.7 Å². The molecule has 0 unspecified atom stereocenters. The second-order valence-corrected chi connectivity index (χ2v) is 7.55. The van der Waals surface area contributed by atoms with Crippen LogP contribution in [0.3, 0.4) is 0 Å². The van der Waals surface area contributed by atoms with Crippen LogP contribution >= 0.6 is 0 Å². The predicted molar refractivity (Wildman–Crippen MR) is 117 cm³/mol. The molecule has 0 saturated heterocycles. The molecule has 0 amide bonds. The van der Waals surface area contributed by atoms with Gasteiger partial charge in [-0.05, 0) is 23.6 Å². The zero-order valence-electron chi connectivity index (χ0n) is 17.7. The van der Waals surface area contributed by atoms with Crippen LogP contribution in [0.2, 0.25) is 0 Å². The van der Waals surface area contributed by atoms with Gasteiger partial charge in [0.25, 0.3) is 0 Å². The summed E-state index contributed by atoms with van der Waals surface area (Å²) < 4.78 is 17.1. The first-order valence-electron chi connectivity index (χ1n) is 9.95. The number of hydrogen-bond acceptors (Lipinski definition) is 4. The van der Waals surface area contributed by atoms with Crippen LogP contribution < -0.4 is 0 Å². The Balaban J connectivity index is 2.17. The van der Waals surface area contributed by atoms with E-state index in [1.807, 2.05) is 91.0 Å². The molecule has 3 aromatic carbocycles. The van der Waals surface area contributed by atoms with Crippen LogP contribution in [-0.2, 0) is 24.6 Å². The van der Waals surface area contributed by atoms with Gasteiger partial charge in [0.2, 0.25) is 0 Å². The maximum absolute atomic E-state index is 12.6. The minimum Gasteiger partial charge on any atom is -0.468 e. The van der Waals surface area contributed by atoms with Gasteiger partial charge in [-0.2, -0.15) is 0 Å². The third-order valence-corrected chi connectivity index (χ3v) is 5.29. The number of carbonyl (C=O) groups excluding carboxylic acids is 1. The quantitative estimate of drug-likeness (QED) is 0.379. The Hall–Kier alpha value is -2.95. The van der Waals surface area contributed by atoms with Gasteiger partial charge in [-0.3, -0.25) is 4.79 Å². The summed E-state index contributed by atoms with van der Waals surface area (Å²) in [5, 5.41) is 0. The Bertz CT molecular complexity index is 828. The number of rotatable bonds is 9. The van der Waals surface area contributed by atoms with E-state index >= 15 is 0 Å². The molecule has 0 aliphatic rings. The summed E-state index contributed by atoms with van der Waals surface area (Å²) in [6, 6.07) is 30.2. The van der Waals surface area contributed by atoms with Crippen LogP contribution in [0.15, 0.2) is 91.0 Å². The molecular formula is C26H28O4. The second kappa shape index (κ2) is 9.70. The summed E-state index contributed by atoms with van der Waals surface area (Å²) in [5.74, 6) is -0.368. The fraction of sp³-hybridized carbons (Fsp3) is 0.269. The van der Waals surface area contributed by atoms with E-state index < -0.39 is 11.0 Å². The van der Waals surface area contributed by atoms with Crippen LogP contribution in [0.5, 0.6) is 0 Å². The highest BCUT2D eigenvalue weighted by Gasteiger charge is 2.43. The average molecular weight is 405 g/mol. The van der Waals surface area contributed by atoms with Gasteiger partial charge >= 0.3 is 5.97 Å². The molecule has 0 radical (unpaired) electrons. The van der Waals surface area contributed by atoms with Gasteiger partial charge in [-0.1, -0.05) is 91.0 Å². The Morgan fingerprint density at radius 1 is 0.700 bits per heavy atom. The van der Waals surface area contributed by atoms with Crippen molar-refractivity contribution in [3.05, 3.63) is 108 Å². The van der Waals surface area contributed by atoms with Gasteiger partial charge in [-0.15, -0.1) is 0 Å². The lowest BCUT2D eigenvalue weighted by molar-refractivity contribution is -0.163. The zero-order chi connectivity index (χ0) is 21.5. The van der Waals surface area contributed by atoms with Gasteiger partial charge in [0.1, 0.15) is 11.0 Å². The Morgan fingerprint density at radius 2 is 1.10 bits per heavy atom. The van der Waals surface area contributed by atoms with Gasteiger partial charge in [0.15, 0.2) is 0 Å². The summed E-state index contributed by atoms with van der Waals surface area (Å²) in [5.41, 5.74) is 1.09. The number of esters is 1. The average Bonchev–Trinajstić information content (AvgIpc) is 2.81. The van der Waals surface area contributed by atoms with Gasteiger partial charge < -0.3 is 14.2 Å². The van der Waals surface area contributed by atoms with Gasteiger partial charge in [0.05, 0.1) is 20.3 Å².